The first kappa shape index (κ1) is 22.7. The van der Waals surface area contributed by atoms with Gasteiger partial charge in [0.05, 0.1) is 6.26 Å². The maximum atomic E-state index is 12.4. The second-order valence-corrected chi connectivity index (χ2v) is 7.59. The zero-order chi connectivity index (χ0) is 22.1. The van der Waals surface area contributed by atoms with E-state index >= 15 is 0 Å². The van der Waals surface area contributed by atoms with Crippen LogP contribution in [0.4, 0.5) is 5.69 Å². The lowest BCUT2D eigenvalue weighted by molar-refractivity contribution is -0.116. The molecule has 0 atom stereocenters. The van der Waals surface area contributed by atoms with Gasteiger partial charge in [-0.15, -0.1) is 0 Å². The topological polar surface area (TPSA) is 90.2 Å². The first-order valence-electron chi connectivity index (χ1n) is 10.5. The van der Waals surface area contributed by atoms with Crippen molar-refractivity contribution in [1.29, 1.82) is 0 Å². The molecule has 2 amide bonds. The largest absolute Gasteiger partial charge is 0.459 e. The van der Waals surface area contributed by atoms with Crippen molar-refractivity contribution in [3.63, 3.8) is 0 Å². The highest BCUT2D eigenvalue weighted by Crippen LogP contribution is 2.14. The number of amides is 2. The van der Waals surface area contributed by atoms with Gasteiger partial charge in [0.1, 0.15) is 0 Å². The zero-order valence-electron chi connectivity index (χ0n) is 17.6. The number of halogens is 1. The predicted octanol–water partition coefficient (Wildman–Crippen LogP) is 3.08. The monoisotopic (exact) mass is 445 g/mol. The summed E-state index contributed by atoms with van der Waals surface area (Å²) in [5.74, 6) is 1.04. The van der Waals surface area contributed by atoms with Crippen LogP contribution in [0.15, 0.2) is 52.1 Å². The molecule has 1 fully saturated rings. The van der Waals surface area contributed by atoms with Crippen LogP contribution in [0.5, 0.6) is 0 Å². The highest BCUT2D eigenvalue weighted by Gasteiger charge is 2.25. The van der Waals surface area contributed by atoms with E-state index in [9.17, 15) is 9.59 Å². The lowest BCUT2D eigenvalue weighted by Gasteiger charge is -2.36. The molecule has 31 heavy (non-hydrogen) atoms. The Balaban J connectivity index is 1.44. The summed E-state index contributed by atoms with van der Waals surface area (Å²) in [5.41, 5.74) is 0.730. The molecule has 0 unspecified atom stereocenters. The van der Waals surface area contributed by atoms with Gasteiger partial charge in [0, 0.05) is 56.4 Å². The zero-order valence-corrected chi connectivity index (χ0v) is 18.4. The second kappa shape index (κ2) is 11.4. The molecule has 0 aliphatic carbocycles. The Hall–Kier alpha value is -3.00. The summed E-state index contributed by atoms with van der Waals surface area (Å²) in [6, 6.07) is 10.4. The standard InChI is InChI=1S/C22H28ClN5O3/c1-2-24-22(25-11-3-6-20(29)26-18-9-7-17(23)8-10-18)28-14-12-27(13-15-28)21(30)19-5-4-16-31-19/h4-5,7-10,16H,2-3,6,11-15H2,1H3,(H,24,25)(H,26,29). The smallest absolute Gasteiger partial charge is 0.289 e. The molecule has 2 aromatic rings. The molecule has 2 N–H and O–H groups in total. The van der Waals surface area contributed by atoms with Crippen molar-refractivity contribution >= 4 is 35.1 Å². The summed E-state index contributed by atoms with van der Waals surface area (Å²) < 4.78 is 5.21. The molecule has 1 aliphatic rings. The Bertz CT molecular complexity index is 875. The SMILES string of the molecule is CCNC(=NCCCC(=O)Nc1ccc(Cl)cc1)N1CCN(C(=O)c2ccco2)CC1. The van der Waals surface area contributed by atoms with Crippen LogP contribution in [0.2, 0.25) is 5.02 Å². The van der Waals surface area contributed by atoms with Gasteiger partial charge in [-0.25, -0.2) is 0 Å². The number of anilines is 1. The van der Waals surface area contributed by atoms with E-state index in [1.54, 1.807) is 41.3 Å². The molecule has 1 aliphatic heterocycles. The van der Waals surface area contributed by atoms with Gasteiger partial charge in [-0.1, -0.05) is 11.6 Å². The van der Waals surface area contributed by atoms with Crippen LogP contribution in [0.25, 0.3) is 0 Å². The van der Waals surface area contributed by atoms with Crippen molar-refractivity contribution in [3.05, 3.63) is 53.4 Å². The summed E-state index contributed by atoms with van der Waals surface area (Å²) in [7, 11) is 0. The Morgan fingerprint density at radius 1 is 1.10 bits per heavy atom. The average molecular weight is 446 g/mol. The number of rotatable bonds is 7. The molecule has 1 aromatic heterocycles. The number of piperazine rings is 1. The van der Waals surface area contributed by atoms with E-state index in [0.29, 0.717) is 56.3 Å². The normalized spacial score (nSPS) is 14.5. The van der Waals surface area contributed by atoms with Gasteiger partial charge in [0.25, 0.3) is 5.91 Å². The van der Waals surface area contributed by atoms with E-state index in [-0.39, 0.29) is 11.8 Å². The van der Waals surface area contributed by atoms with Crippen LogP contribution in [-0.2, 0) is 4.79 Å². The molecule has 2 heterocycles. The lowest BCUT2D eigenvalue weighted by atomic mass is 10.2. The molecule has 1 saturated heterocycles. The third-order valence-corrected chi connectivity index (χ3v) is 5.14. The van der Waals surface area contributed by atoms with E-state index < -0.39 is 0 Å². The molecule has 166 valence electrons. The average Bonchev–Trinajstić information content (AvgIpc) is 3.32. The fourth-order valence-corrected chi connectivity index (χ4v) is 3.41. The van der Waals surface area contributed by atoms with E-state index in [1.807, 2.05) is 6.92 Å². The van der Waals surface area contributed by atoms with Crippen LogP contribution in [0.1, 0.15) is 30.3 Å². The fourth-order valence-electron chi connectivity index (χ4n) is 3.28. The van der Waals surface area contributed by atoms with Crippen molar-refractivity contribution in [2.24, 2.45) is 4.99 Å². The highest BCUT2D eigenvalue weighted by molar-refractivity contribution is 6.30. The summed E-state index contributed by atoms with van der Waals surface area (Å²) in [6.45, 7) is 5.90. The Kier molecular flexibility index (Phi) is 8.35. The van der Waals surface area contributed by atoms with Crippen molar-refractivity contribution in [2.75, 3.05) is 44.6 Å². The minimum atomic E-state index is -0.0849. The molecule has 3 rings (SSSR count). The maximum absolute atomic E-state index is 12.4. The molecule has 0 bridgehead atoms. The van der Waals surface area contributed by atoms with E-state index in [4.69, 9.17) is 16.0 Å². The van der Waals surface area contributed by atoms with Crippen LogP contribution in [0.3, 0.4) is 0 Å². The highest BCUT2D eigenvalue weighted by atomic mass is 35.5. The van der Waals surface area contributed by atoms with Gasteiger partial charge < -0.3 is 24.9 Å². The Morgan fingerprint density at radius 3 is 2.45 bits per heavy atom. The first-order chi connectivity index (χ1) is 15.1. The number of hydrogen-bond acceptors (Lipinski definition) is 4. The quantitative estimate of drug-likeness (QED) is 0.388. The number of furan rings is 1. The molecule has 9 heteroatoms. The van der Waals surface area contributed by atoms with Gasteiger partial charge in [-0.05, 0) is 49.7 Å². The van der Waals surface area contributed by atoms with Crippen molar-refractivity contribution in [3.8, 4) is 0 Å². The minimum Gasteiger partial charge on any atom is -0.459 e. The van der Waals surface area contributed by atoms with Gasteiger partial charge >= 0.3 is 0 Å². The predicted molar refractivity (Wildman–Crippen MR) is 121 cm³/mol. The number of carbonyl (C=O) groups is 2. The lowest BCUT2D eigenvalue weighted by Crippen LogP contribution is -2.53. The van der Waals surface area contributed by atoms with Gasteiger partial charge in [-0.2, -0.15) is 0 Å². The molecule has 8 nitrogen and oxygen atoms in total. The third-order valence-electron chi connectivity index (χ3n) is 4.88. The summed E-state index contributed by atoms with van der Waals surface area (Å²) >= 11 is 5.86. The molecular formula is C22H28ClN5O3. The summed E-state index contributed by atoms with van der Waals surface area (Å²) in [6.07, 6.45) is 2.54. The second-order valence-electron chi connectivity index (χ2n) is 7.15. The van der Waals surface area contributed by atoms with Crippen molar-refractivity contribution in [2.45, 2.75) is 19.8 Å². The number of hydrogen-bond donors (Lipinski definition) is 2. The van der Waals surface area contributed by atoms with Crippen LogP contribution >= 0.6 is 11.6 Å². The molecule has 0 saturated carbocycles. The van der Waals surface area contributed by atoms with Crippen molar-refractivity contribution < 1.29 is 14.0 Å². The molecule has 0 radical (unpaired) electrons. The molecule has 1 aromatic carbocycles. The summed E-state index contributed by atoms with van der Waals surface area (Å²) in [4.78, 5) is 33.1. The molecular weight excluding hydrogens is 418 g/mol. The summed E-state index contributed by atoms with van der Waals surface area (Å²) in [5, 5.41) is 6.79. The minimum absolute atomic E-state index is 0.0485. The number of guanidine groups is 1. The van der Waals surface area contributed by atoms with Gasteiger partial charge in [0.15, 0.2) is 11.7 Å². The maximum Gasteiger partial charge on any atom is 0.289 e. The van der Waals surface area contributed by atoms with Gasteiger partial charge in [0.2, 0.25) is 5.91 Å². The number of nitrogens with zero attached hydrogens (tertiary/aromatic N) is 3. The fraction of sp³-hybridized carbons (Fsp3) is 0.409. The third kappa shape index (κ3) is 6.75. The van der Waals surface area contributed by atoms with Crippen LogP contribution in [-0.4, -0.2) is 66.8 Å². The number of benzene rings is 1. The van der Waals surface area contributed by atoms with Gasteiger partial charge in [-0.3, -0.25) is 14.6 Å². The van der Waals surface area contributed by atoms with Crippen LogP contribution < -0.4 is 10.6 Å². The molecule has 0 spiro atoms. The van der Waals surface area contributed by atoms with Crippen LogP contribution in [0, 0.1) is 0 Å². The van der Waals surface area contributed by atoms with E-state index in [0.717, 1.165) is 18.2 Å². The Morgan fingerprint density at radius 2 is 1.81 bits per heavy atom. The first-order valence-corrected chi connectivity index (χ1v) is 10.9. The number of carbonyl (C=O) groups excluding carboxylic acids is 2. The van der Waals surface area contributed by atoms with E-state index in [2.05, 4.69) is 20.5 Å². The number of aliphatic imine (C=N–C) groups is 1. The number of nitrogens with one attached hydrogen (secondary N) is 2. The van der Waals surface area contributed by atoms with Crippen molar-refractivity contribution in [1.82, 2.24) is 15.1 Å². The Labute approximate surface area is 187 Å². The van der Waals surface area contributed by atoms with E-state index in [1.165, 1.54) is 6.26 Å².